The van der Waals surface area contributed by atoms with Gasteiger partial charge in [-0.1, -0.05) is 36.8 Å². The predicted molar refractivity (Wildman–Crippen MR) is 114 cm³/mol. The van der Waals surface area contributed by atoms with Crippen molar-refractivity contribution >= 4 is 10.2 Å². The Balaban J connectivity index is 1.52. The van der Waals surface area contributed by atoms with Crippen LogP contribution in [0.1, 0.15) is 36.3 Å². The molecule has 0 spiro atoms. The van der Waals surface area contributed by atoms with E-state index in [1.54, 1.807) is 6.20 Å². The minimum Gasteiger partial charge on any atom is -0.256 e. The lowest BCUT2D eigenvalue weighted by atomic mass is 9.65. The van der Waals surface area contributed by atoms with Gasteiger partial charge in [-0.15, -0.1) is 0 Å². The van der Waals surface area contributed by atoms with Gasteiger partial charge in [-0.3, -0.25) is 4.98 Å². The number of imidazole rings is 1. The van der Waals surface area contributed by atoms with Gasteiger partial charge < -0.3 is 0 Å². The van der Waals surface area contributed by atoms with Crippen molar-refractivity contribution in [1.29, 1.82) is 0 Å². The van der Waals surface area contributed by atoms with E-state index in [-0.39, 0.29) is 37.2 Å². The maximum absolute atomic E-state index is 13.5. The second-order valence-corrected chi connectivity index (χ2v) is 9.63. The third-order valence-electron chi connectivity index (χ3n) is 6.05. The molecule has 1 fully saturated rings. The maximum Gasteiger partial charge on any atom is 0.394 e. The van der Waals surface area contributed by atoms with Gasteiger partial charge in [0.2, 0.25) is 0 Å². The summed E-state index contributed by atoms with van der Waals surface area (Å²) in [6.07, 6.45) is -0.639. The molecule has 0 saturated heterocycles. The van der Waals surface area contributed by atoms with Crippen LogP contribution in [0.25, 0.3) is 11.3 Å². The third kappa shape index (κ3) is 4.56. The van der Waals surface area contributed by atoms with Crippen molar-refractivity contribution in [3.05, 3.63) is 71.9 Å². The number of nitrogens with zero attached hydrogens (tertiary/aromatic N) is 3. The molecule has 1 aromatic carbocycles. The Kier molecular flexibility index (Phi) is 5.85. The molecule has 0 aliphatic heterocycles. The van der Waals surface area contributed by atoms with E-state index in [1.807, 2.05) is 42.5 Å². The molecule has 1 aliphatic rings. The topological polar surface area (TPSA) is 90.9 Å². The van der Waals surface area contributed by atoms with Crippen LogP contribution < -0.4 is 5.14 Å². The van der Waals surface area contributed by atoms with E-state index < -0.39 is 21.8 Å². The lowest BCUT2D eigenvalue weighted by Crippen LogP contribution is -2.45. The van der Waals surface area contributed by atoms with Gasteiger partial charge in [-0.05, 0) is 37.0 Å². The Morgan fingerprint density at radius 1 is 1.06 bits per heavy atom. The van der Waals surface area contributed by atoms with Crippen molar-refractivity contribution in [1.82, 2.24) is 13.9 Å². The van der Waals surface area contributed by atoms with Crippen LogP contribution in [0.3, 0.4) is 0 Å². The molecule has 0 atom stereocenters. The van der Waals surface area contributed by atoms with Crippen LogP contribution >= 0.6 is 0 Å². The summed E-state index contributed by atoms with van der Waals surface area (Å²) in [6.45, 7) is 0. The quantitative estimate of drug-likeness (QED) is 0.571. The van der Waals surface area contributed by atoms with Crippen molar-refractivity contribution in [2.75, 3.05) is 0 Å². The number of hydrogen-bond donors (Lipinski definition) is 1. The zero-order chi connectivity index (χ0) is 23.0. The Bertz CT molecular complexity index is 1190. The average Bonchev–Trinajstić information content (AvgIpc) is 3.13. The number of aryl methyl sites for hydroxylation is 2. The predicted octanol–water partition coefficient (Wildman–Crippen LogP) is 4.06. The minimum atomic E-state index is -4.36. The number of alkyl halides is 3. The second-order valence-electron chi connectivity index (χ2n) is 8.21. The molecule has 1 aliphatic carbocycles. The summed E-state index contributed by atoms with van der Waals surface area (Å²) in [5.41, 5.74) is 0.976. The highest BCUT2D eigenvalue weighted by molar-refractivity contribution is 7.87. The standard InChI is InChI=1S/C22H23F3N4O2S/c23-22(24,25)21(11-3-12-21)14-18-15-29(32(26,30)31)20(28-18)10-7-16-5-8-17(9-6-16)19-4-1-2-13-27-19/h1-2,4-6,8-9,13,15H,3,7,10-12,14H2,(H2,26,30,31). The van der Waals surface area contributed by atoms with E-state index in [9.17, 15) is 21.6 Å². The summed E-state index contributed by atoms with van der Waals surface area (Å²) in [6, 6.07) is 13.3. The summed E-state index contributed by atoms with van der Waals surface area (Å²) in [7, 11) is -4.17. The Morgan fingerprint density at radius 2 is 1.78 bits per heavy atom. The summed E-state index contributed by atoms with van der Waals surface area (Å²) >= 11 is 0. The van der Waals surface area contributed by atoms with E-state index in [0.29, 0.717) is 12.8 Å². The number of hydrogen-bond acceptors (Lipinski definition) is 4. The van der Waals surface area contributed by atoms with E-state index in [4.69, 9.17) is 5.14 Å². The monoisotopic (exact) mass is 464 g/mol. The molecular formula is C22H23F3N4O2S. The van der Waals surface area contributed by atoms with E-state index >= 15 is 0 Å². The van der Waals surface area contributed by atoms with Crippen LogP contribution in [0.5, 0.6) is 0 Å². The largest absolute Gasteiger partial charge is 0.394 e. The number of nitrogens with two attached hydrogens (primary N) is 1. The molecular weight excluding hydrogens is 441 g/mol. The molecule has 2 heterocycles. The van der Waals surface area contributed by atoms with Crippen LogP contribution in [0.2, 0.25) is 0 Å². The van der Waals surface area contributed by atoms with Crippen LogP contribution in [-0.2, 0) is 29.5 Å². The van der Waals surface area contributed by atoms with Crippen molar-refractivity contribution in [2.45, 2.75) is 44.7 Å². The molecule has 0 amide bonds. The first-order valence-corrected chi connectivity index (χ1v) is 11.8. The number of rotatable bonds is 7. The first-order chi connectivity index (χ1) is 15.1. The molecule has 2 N–H and O–H groups in total. The Morgan fingerprint density at radius 3 is 2.31 bits per heavy atom. The van der Waals surface area contributed by atoms with E-state index in [2.05, 4.69) is 9.97 Å². The van der Waals surface area contributed by atoms with Crippen molar-refractivity contribution in [3.8, 4) is 11.3 Å². The molecule has 0 bridgehead atoms. The summed E-state index contributed by atoms with van der Waals surface area (Å²) < 4.78 is 65.4. The van der Waals surface area contributed by atoms with Gasteiger partial charge in [-0.2, -0.15) is 21.6 Å². The zero-order valence-electron chi connectivity index (χ0n) is 17.2. The highest BCUT2D eigenvalue weighted by Gasteiger charge is 2.58. The summed E-state index contributed by atoms with van der Waals surface area (Å²) in [5, 5.41) is 5.29. The van der Waals surface area contributed by atoms with Gasteiger partial charge in [0.15, 0.2) is 0 Å². The Hall–Kier alpha value is -2.72. The van der Waals surface area contributed by atoms with Crippen molar-refractivity contribution in [2.24, 2.45) is 10.6 Å². The molecule has 6 nitrogen and oxygen atoms in total. The first kappa shape index (κ1) is 22.5. The van der Waals surface area contributed by atoms with Gasteiger partial charge in [0.25, 0.3) is 0 Å². The van der Waals surface area contributed by atoms with Gasteiger partial charge >= 0.3 is 16.4 Å². The highest BCUT2D eigenvalue weighted by Crippen LogP contribution is 2.54. The fourth-order valence-corrected chi connectivity index (χ4v) is 4.76. The average molecular weight is 465 g/mol. The van der Waals surface area contributed by atoms with Crippen LogP contribution in [0.4, 0.5) is 13.2 Å². The van der Waals surface area contributed by atoms with Gasteiger partial charge in [0, 0.05) is 30.8 Å². The second kappa shape index (κ2) is 8.32. The van der Waals surface area contributed by atoms with Gasteiger partial charge in [0.05, 0.1) is 16.8 Å². The minimum absolute atomic E-state index is 0.0245. The Labute approximate surface area is 184 Å². The van der Waals surface area contributed by atoms with Gasteiger partial charge in [-0.25, -0.2) is 14.1 Å². The highest BCUT2D eigenvalue weighted by atomic mass is 32.2. The summed E-state index contributed by atoms with van der Waals surface area (Å²) in [5.74, 6) is 0.132. The van der Waals surface area contributed by atoms with E-state index in [1.165, 1.54) is 0 Å². The number of pyridine rings is 1. The van der Waals surface area contributed by atoms with Crippen LogP contribution in [0, 0.1) is 5.41 Å². The molecule has 2 aromatic heterocycles. The third-order valence-corrected chi connectivity index (χ3v) is 6.92. The number of aromatic nitrogens is 3. The molecule has 4 rings (SSSR count). The van der Waals surface area contributed by atoms with Crippen LogP contribution in [0.15, 0.2) is 54.9 Å². The molecule has 170 valence electrons. The van der Waals surface area contributed by atoms with Gasteiger partial charge in [0.1, 0.15) is 5.82 Å². The lowest BCUT2D eigenvalue weighted by molar-refractivity contribution is -0.250. The van der Waals surface area contributed by atoms with Crippen LogP contribution in [-0.4, -0.2) is 28.5 Å². The molecule has 3 aromatic rings. The van der Waals surface area contributed by atoms with Crippen molar-refractivity contribution in [3.63, 3.8) is 0 Å². The maximum atomic E-state index is 13.5. The smallest absolute Gasteiger partial charge is 0.256 e. The molecule has 0 radical (unpaired) electrons. The number of benzene rings is 1. The fourth-order valence-electron chi connectivity index (χ4n) is 4.07. The molecule has 32 heavy (non-hydrogen) atoms. The summed E-state index contributed by atoms with van der Waals surface area (Å²) in [4.78, 5) is 8.53. The number of halogens is 3. The SMILES string of the molecule is NS(=O)(=O)n1cc(CC2(C(F)(F)F)CCC2)nc1CCc1ccc(-c2ccccn2)cc1. The van der Waals surface area contributed by atoms with E-state index in [0.717, 1.165) is 27.0 Å². The lowest BCUT2D eigenvalue weighted by Gasteiger charge is -2.42. The molecule has 0 unspecified atom stereocenters. The zero-order valence-corrected chi connectivity index (χ0v) is 18.0. The van der Waals surface area contributed by atoms with Crippen molar-refractivity contribution < 1.29 is 21.6 Å². The molecule has 10 heteroatoms. The molecule has 1 saturated carbocycles. The first-order valence-electron chi connectivity index (χ1n) is 10.2. The fraction of sp³-hybridized carbons (Fsp3) is 0.364. The normalized spacial score (nSPS) is 16.0.